The van der Waals surface area contributed by atoms with Gasteiger partial charge in [0.25, 0.3) is 5.91 Å². The lowest BCUT2D eigenvalue weighted by molar-refractivity contribution is -0.198. The van der Waals surface area contributed by atoms with E-state index in [2.05, 4.69) is 0 Å². The highest BCUT2D eigenvalue weighted by Gasteiger charge is 2.53. The first-order valence-electron chi connectivity index (χ1n) is 5.23. The molecule has 0 aliphatic carbocycles. The smallest absolute Gasteiger partial charge is 0.277 e. The van der Waals surface area contributed by atoms with Gasteiger partial charge in [0, 0.05) is 7.05 Å². The minimum absolute atomic E-state index is 0.172. The summed E-state index contributed by atoms with van der Waals surface area (Å²) in [5.41, 5.74) is 0. The van der Waals surface area contributed by atoms with Crippen molar-refractivity contribution in [2.24, 2.45) is 0 Å². The summed E-state index contributed by atoms with van der Waals surface area (Å²) in [4.78, 5) is 16.7. The Morgan fingerprint density at radius 2 is 2.12 bits per heavy atom. The van der Waals surface area contributed by atoms with Gasteiger partial charge in [0.05, 0.1) is 13.7 Å². The number of fused-ring (bicyclic) bond motifs is 1. The second kappa shape index (κ2) is 3.96. The lowest BCUT2D eigenvalue weighted by atomic mass is 10.1. The van der Waals surface area contributed by atoms with Crippen molar-refractivity contribution >= 4 is 5.91 Å². The predicted molar refractivity (Wildman–Crippen MR) is 53.3 cm³/mol. The Bertz CT molecular complexity index is 293. The first-order chi connectivity index (χ1) is 7.44. The van der Waals surface area contributed by atoms with Crippen molar-refractivity contribution in [2.45, 2.75) is 37.9 Å². The number of amides is 1. The topological polar surface area (TPSA) is 57.2 Å². The summed E-state index contributed by atoms with van der Waals surface area (Å²) in [6, 6.07) is 0. The van der Waals surface area contributed by atoms with Crippen LogP contribution in [0.2, 0.25) is 0 Å². The lowest BCUT2D eigenvalue weighted by Crippen LogP contribution is -2.43. The van der Waals surface area contributed by atoms with Crippen LogP contribution < -0.4 is 0 Å². The van der Waals surface area contributed by atoms with Crippen LogP contribution in [0.1, 0.15) is 13.8 Å². The van der Waals surface area contributed by atoms with Crippen molar-refractivity contribution in [3.63, 3.8) is 0 Å². The maximum Gasteiger partial charge on any atom is 0.277 e. The van der Waals surface area contributed by atoms with Crippen molar-refractivity contribution < 1.29 is 23.8 Å². The zero-order valence-corrected chi connectivity index (χ0v) is 9.93. The van der Waals surface area contributed by atoms with E-state index in [1.54, 1.807) is 7.05 Å². The van der Waals surface area contributed by atoms with Crippen molar-refractivity contribution in [3.05, 3.63) is 0 Å². The summed E-state index contributed by atoms with van der Waals surface area (Å²) >= 11 is 0. The molecule has 92 valence electrons. The van der Waals surface area contributed by atoms with E-state index in [1.807, 2.05) is 13.8 Å². The summed E-state index contributed by atoms with van der Waals surface area (Å²) < 4.78 is 16.6. The molecule has 0 saturated carbocycles. The average molecular weight is 231 g/mol. The molecule has 16 heavy (non-hydrogen) atoms. The standard InChI is InChI=1S/C10H17NO5/c1-10(2)15-6-5-14-8(7(6)16-10)9(12)11(3)13-4/h6-8H,5H2,1-4H3. The van der Waals surface area contributed by atoms with Crippen LogP contribution in [0.4, 0.5) is 0 Å². The van der Waals surface area contributed by atoms with E-state index in [9.17, 15) is 4.79 Å². The van der Waals surface area contributed by atoms with Crippen molar-refractivity contribution in [3.8, 4) is 0 Å². The van der Waals surface area contributed by atoms with Crippen molar-refractivity contribution in [1.82, 2.24) is 5.06 Å². The maximum absolute atomic E-state index is 11.9. The largest absolute Gasteiger partial charge is 0.363 e. The van der Waals surface area contributed by atoms with Gasteiger partial charge in [-0.15, -0.1) is 0 Å². The van der Waals surface area contributed by atoms with E-state index in [0.717, 1.165) is 5.06 Å². The molecule has 0 spiro atoms. The number of ether oxygens (including phenoxy) is 3. The predicted octanol–water partition coefficient (Wildman–Crippen LogP) is -0.0749. The van der Waals surface area contributed by atoms with Crippen LogP contribution in [-0.2, 0) is 23.8 Å². The van der Waals surface area contributed by atoms with Crippen LogP contribution in [0, 0.1) is 0 Å². The molecule has 1 amide bonds. The van der Waals surface area contributed by atoms with Gasteiger partial charge in [-0.2, -0.15) is 0 Å². The van der Waals surface area contributed by atoms with Gasteiger partial charge in [-0.3, -0.25) is 9.63 Å². The summed E-state index contributed by atoms with van der Waals surface area (Å²) in [5.74, 6) is -0.903. The van der Waals surface area contributed by atoms with E-state index in [4.69, 9.17) is 19.0 Å². The molecule has 0 aromatic rings. The molecule has 0 radical (unpaired) electrons. The SMILES string of the molecule is CON(C)C(=O)C1OCC2OC(C)(C)OC21. The minimum atomic E-state index is -0.650. The molecule has 0 bridgehead atoms. The molecule has 3 atom stereocenters. The van der Waals surface area contributed by atoms with Gasteiger partial charge in [-0.25, -0.2) is 5.06 Å². The van der Waals surface area contributed by atoms with Gasteiger partial charge in [0.1, 0.15) is 12.2 Å². The Hall–Kier alpha value is -0.690. The van der Waals surface area contributed by atoms with Gasteiger partial charge in [0.2, 0.25) is 0 Å². The molecule has 0 N–H and O–H groups in total. The number of likely N-dealkylation sites (N-methyl/N-ethyl adjacent to an activating group) is 1. The highest BCUT2D eigenvalue weighted by Crippen LogP contribution is 2.35. The molecule has 2 saturated heterocycles. The highest BCUT2D eigenvalue weighted by molar-refractivity contribution is 5.81. The lowest BCUT2D eigenvalue weighted by Gasteiger charge is -2.23. The first kappa shape index (κ1) is 11.8. The van der Waals surface area contributed by atoms with Crippen molar-refractivity contribution in [2.75, 3.05) is 20.8 Å². The minimum Gasteiger partial charge on any atom is -0.363 e. The number of nitrogens with zero attached hydrogens (tertiary/aromatic N) is 1. The first-order valence-corrected chi connectivity index (χ1v) is 5.23. The summed E-state index contributed by atoms with van der Waals surface area (Å²) in [5, 5.41) is 1.14. The Morgan fingerprint density at radius 3 is 2.75 bits per heavy atom. The van der Waals surface area contributed by atoms with Gasteiger partial charge in [-0.1, -0.05) is 0 Å². The molecule has 2 fully saturated rings. The van der Waals surface area contributed by atoms with Gasteiger partial charge >= 0.3 is 0 Å². The molecule has 2 aliphatic heterocycles. The highest BCUT2D eigenvalue weighted by atomic mass is 16.8. The van der Waals surface area contributed by atoms with E-state index in [1.165, 1.54) is 7.11 Å². The number of hydroxylamine groups is 2. The van der Waals surface area contributed by atoms with Gasteiger partial charge in [0.15, 0.2) is 11.9 Å². The van der Waals surface area contributed by atoms with Crippen LogP contribution in [0.3, 0.4) is 0 Å². The molecule has 0 aromatic carbocycles. The van der Waals surface area contributed by atoms with Gasteiger partial charge in [-0.05, 0) is 13.8 Å². The Kier molecular flexibility index (Phi) is 2.91. The quantitative estimate of drug-likeness (QED) is 0.622. The number of hydrogen-bond acceptors (Lipinski definition) is 5. The normalized spacial score (nSPS) is 36.1. The van der Waals surface area contributed by atoms with E-state index < -0.39 is 11.9 Å². The molecule has 6 heteroatoms. The summed E-state index contributed by atoms with van der Waals surface area (Å²) in [6.45, 7) is 4.03. The molecule has 2 heterocycles. The van der Waals surface area contributed by atoms with Crippen LogP contribution in [-0.4, -0.2) is 55.8 Å². The number of hydrogen-bond donors (Lipinski definition) is 0. The third-order valence-electron chi connectivity index (χ3n) is 2.79. The zero-order valence-electron chi connectivity index (χ0n) is 9.93. The number of carbonyl (C=O) groups excluding carboxylic acids is 1. The average Bonchev–Trinajstić information content (AvgIpc) is 2.70. The molecule has 6 nitrogen and oxygen atoms in total. The molecular formula is C10H17NO5. The molecule has 0 aromatic heterocycles. The fourth-order valence-electron chi connectivity index (χ4n) is 2.02. The fraction of sp³-hybridized carbons (Fsp3) is 0.900. The molecule has 3 unspecified atom stereocenters. The Morgan fingerprint density at radius 1 is 1.44 bits per heavy atom. The summed E-state index contributed by atoms with van der Waals surface area (Å²) in [7, 11) is 2.97. The number of carbonyl (C=O) groups is 1. The number of rotatable bonds is 2. The van der Waals surface area contributed by atoms with Crippen LogP contribution >= 0.6 is 0 Å². The Balaban J connectivity index is 2.06. The second-order valence-corrected chi connectivity index (χ2v) is 4.41. The fourth-order valence-corrected chi connectivity index (χ4v) is 2.02. The zero-order chi connectivity index (χ0) is 11.9. The van der Waals surface area contributed by atoms with Crippen LogP contribution in [0.15, 0.2) is 0 Å². The van der Waals surface area contributed by atoms with E-state index >= 15 is 0 Å². The second-order valence-electron chi connectivity index (χ2n) is 4.41. The van der Waals surface area contributed by atoms with E-state index in [0.29, 0.717) is 6.61 Å². The molecule has 2 aliphatic rings. The molecular weight excluding hydrogens is 214 g/mol. The van der Waals surface area contributed by atoms with E-state index in [-0.39, 0.29) is 18.1 Å². The third-order valence-corrected chi connectivity index (χ3v) is 2.79. The van der Waals surface area contributed by atoms with Gasteiger partial charge < -0.3 is 14.2 Å². The summed E-state index contributed by atoms with van der Waals surface area (Å²) in [6.07, 6.45) is -1.16. The van der Waals surface area contributed by atoms with Crippen molar-refractivity contribution in [1.29, 1.82) is 0 Å². The van der Waals surface area contributed by atoms with Crippen LogP contribution in [0.25, 0.3) is 0 Å². The molecule has 2 rings (SSSR count). The van der Waals surface area contributed by atoms with Crippen LogP contribution in [0.5, 0.6) is 0 Å². The Labute approximate surface area is 94.3 Å². The monoisotopic (exact) mass is 231 g/mol. The maximum atomic E-state index is 11.9. The third kappa shape index (κ3) is 1.93.